The van der Waals surface area contributed by atoms with Gasteiger partial charge in [0.05, 0.1) is 10.5 Å². The molecule has 0 saturated carbocycles. The summed E-state index contributed by atoms with van der Waals surface area (Å²) < 4.78 is 0. The Balaban J connectivity index is 2.05. The van der Waals surface area contributed by atoms with Gasteiger partial charge in [-0.3, -0.25) is 14.9 Å². The summed E-state index contributed by atoms with van der Waals surface area (Å²) in [4.78, 5) is 22.5. The lowest BCUT2D eigenvalue weighted by Crippen LogP contribution is -2.26. The molecule has 0 unspecified atom stereocenters. The van der Waals surface area contributed by atoms with Crippen LogP contribution < -0.4 is 10.6 Å². The lowest BCUT2D eigenvalue weighted by Gasteiger charge is -2.10. The standard InChI is InChI=1S/C16H17N3O3/c1-17-15-8-7-13(19(21)22)11-14(15)16(20)18-10-9-12-5-3-2-4-6-12/h2-8,11,17H,9-10H2,1H3,(H,18,20). The molecule has 0 atom stereocenters. The first-order valence-corrected chi connectivity index (χ1v) is 6.90. The predicted molar refractivity (Wildman–Crippen MR) is 85.1 cm³/mol. The van der Waals surface area contributed by atoms with Crippen LogP contribution in [0.15, 0.2) is 48.5 Å². The molecule has 0 aromatic heterocycles. The van der Waals surface area contributed by atoms with E-state index in [0.717, 1.165) is 5.56 Å². The number of non-ortho nitro benzene ring substituents is 1. The molecule has 2 rings (SSSR count). The fraction of sp³-hybridized carbons (Fsp3) is 0.188. The number of nitrogens with zero attached hydrogens (tertiary/aromatic N) is 1. The van der Waals surface area contributed by atoms with E-state index in [2.05, 4.69) is 10.6 Å². The van der Waals surface area contributed by atoms with Crippen LogP contribution in [0.5, 0.6) is 0 Å². The molecule has 2 aromatic carbocycles. The first-order chi connectivity index (χ1) is 10.6. The summed E-state index contributed by atoms with van der Waals surface area (Å²) in [5.74, 6) is -0.330. The minimum atomic E-state index is -0.514. The first-order valence-electron chi connectivity index (χ1n) is 6.90. The van der Waals surface area contributed by atoms with Crippen LogP contribution in [0.1, 0.15) is 15.9 Å². The highest BCUT2D eigenvalue weighted by atomic mass is 16.6. The van der Waals surface area contributed by atoms with Crippen LogP contribution in [0.25, 0.3) is 0 Å². The summed E-state index contributed by atoms with van der Waals surface area (Å²) in [6.45, 7) is 0.467. The minimum Gasteiger partial charge on any atom is -0.387 e. The largest absolute Gasteiger partial charge is 0.387 e. The summed E-state index contributed by atoms with van der Waals surface area (Å²) in [5, 5.41) is 16.5. The molecule has 0 aliphatic carbocycles. The number of carbonyl (C=O) groups is 1. The molecule has 0 aliphatic rings. The van der Waals surface area contributed by atoms with Crippen molar-refractivity contribution in [3.63, 3.8) is 0 Å². The topological polar surface area (TPSA) is 84.3 Å². The minimum absolute atomic E-state index is 0.104. The molecule has 6 nitrogen and oxygen atoms in total. The Labute approximate surface area is 128 Å². The van der Waals surface area contributed by atoms with Crippen LogP contribution in [0, 0.1) is 10.1 Å². The van der Waals surface area contributed by atoms with Crippen molar-refractivity contribution in [1.82, 2.24) is 5.32 Å². The van der Waals surface area contributed by atoms with Gasteiger partial charge in [0.25, 0.3) is 11.6 Å². The number of nitrogens with one attached hydrogen (secondary N) is 2. The summed E-state index contributed by atoms with van der Waals surface area (Å²) >= 11 is 0. The maximum absolute atomic E-state index is 12.2. The number of rotatable bonds is 6. The molecule has 0 saturated heterocycles. The fourth-order valence-corrected chi connectivity index (χ4v) is 2.11. The van der Waals surface area contributed by atoms with Crippen LogP contribution in [0.3, 0.4) is 0 Å². The Morgan fingerprint density at radius 1 is 1.18 bits per heavy atom. The van der Waals surface area contributed by atoms with Gasteiger partial charge in [0.1, 0.15) is 0 Å². The number of benzene rings is 2. The SMILES string of the molecule is CNc1ccc([N+](=O)[O-])cc1C(=O)NCCc1ccccc1. The van der Waals surface area contributed by atoms with Crippen LogP contribution in [0.2, 0.25) is 0 Å². The van der Waals surface area contributed by atoms with Crippen LogP contribution in [-0.2, 0) is 6.42 Å². The molecular weight excluding hydrogens is 282 g/mol. The van der Waals surface area contributed by atoms with E-state index < -0.39 is 4.92 Å². The van der Waals surface area contributed by atoms with Crippen molar-refractivity contribution in [3.05, 3.63) is 69.8 Å². The maximum atomic E-state index is 12.2. The van der Waals surface area contributed by atoms with Crippen molar-refractivity contribution in [3.8, 4) is 0 Å². The Kier molecular flexibility index (Phi) is 5.08. The van der Waals surface area contributed by atoms with Gasteiger partial charge in [0.2, 0.25) is 0 Å². The summed E-state index contributed by atoms with van der Waals surface area (Å²) in [6, 6.07) is 14.0. The van der Waals surface area contributed by atoms with E-state index in [9.17, 15) is 14.9 Å². The predicted octanol–water partition coefficient (Wildman–Crippen LogP) is 2.61. The Morgan fingerprint density at radius 3 is 2.55 bits per heavy atom. The van der Waals surface area contributed by atoms with Gasteiger partial charge in [-0.25, -0.2) is 0 Å². The van der Waals surface area contributed by atoms with E-state index in [1.54, 1.807) is 7.05 Å². The number of carbonyl (C=O) groups excluding carboxylic acids is 1. The maximum Gasteiger partial charge on any atom is 0.270 e. The van der Waals surface area contributed by atoms with E-state index in [4.69, 9.17) is 0 Å². The second kappa shape index (κ2) is 7.21. The highest BCUT2D eigenvalue weighted by Gasteiger charge is 2.15. The molecule has 2 N–H and O–H groups in total. The first kappa shape index (κ1) is 15.5. The zero-order valence-corrected chi connectivity index (χ0v) is 12.2. The summed E-state index contributed by atoms with van der Waals surface area (Å²) in [5.41, 5.74) is 1.84. The Hall–Kier alpha value is -2.89. The average molecular weight is 299 g/mol. The molecule has 0 fully saturated rings. The molecule has 22 heavy (non-hydrogen) atoms. The van der Waals surface area contributed by atoms with Crippen molar-refractivity contribution < 1.29 is 9.72 Å². The molecule has 114 valence electrons. The second-order valence-corrected chi connectivity index (χ2v) is 4.73. The van der Waals surface area contributed by atoms with E-state index in [1.807, 2.05) is 30.3 Å². The van der Waals surface area contributed by atoms with Gasteiger partial charge < -0.3 is 10.6 Å². The van der Waals surface area contributed by atoms with E-state index >= 15 is 0 Å². The Bertz CT molecular complexity index is 672. The van der Waals surface area contributed by atoms with Gasteiger partial charge >= 0.3 is 0 Å². The van der Waals surface area contributed by atoms with E-state index in [1.165, 1.54) is 18.2 Å². The van der Waals surface area contributed by atoms with E-state index in [-0.39, 0.29) is 17.2 Å². The highest BCUT2D eigenvalue weighted by molar-refractivity contribution is 6.00. The van der Waals surface area contributed by atoms with Gasteiger partial charge in [0.15, 0.2) is 0 Å². The van der Waals surface area contributed by atoms with Crippen LogP contribution in [0.4, 0.5) is 11.4 Å². The van der Waals surface area contributed by atoms with Gasteiger partial charge in [0, 0.05) is 31.4 Å². The zero-order valence-electron chi connectivity index (χ0n) is 12.2. The molecule has 0 bridgehead atoms. The monoisotopic (exact) mass is 299 g/mol. The van der Waals surface area contributed by atoms with E-state index in [0.29, 0.717) is 18.7 Å². The third-order valence-corrected chi connectivity index (χ3v) is 3.27. The number of nitro benzene ring substituents is 1. The second-order valence-electron chi connectivity index (χ2n) is 4.73. The third kappa shape index (κ3) is 3.82. The lowest BCUT2D eigenvalue weighted by atomic mass is 10.1. The number of nitro groups is 1. The van der Waals surface area contributed by atoms with Gasteiger partial charge in [-0.2, -0.15) is 0 Å². The molecule has 1 amide bonds. The van der Waals surface area contributed by atoms with Crippen molar-refractivity contribution in [1.29, 1.82) is 0 Å². The zero-order chi connectivity index (χ0) is 15.9. The molecule has 0 radical (unpaired) electrons. The quantitative estimate of drug-likeness (QED) is 0.634. The summed E-state index contributed by atoms with van der Waals surface area (Å²) in [7, 11) is 1.67. The third-order valence-electron chi connectivity index (χ3n) is 3.27. The summed E-state index contributed by atoms with van der Waals surface area (Å²) in [6.07, 6.45) is 0.705. The average Bonchev–Trinajstić information content (AvgIpc) is 2.55. The van der Waals surface area contributed by atoms with Crippen molar-refractivity contribution >= 4 is 17.3 Å². The van der Waals surface area contributed by atoms with Crippen molar-refractivity contribution in [2.45, 2.75) is 6.42 Å². The number of anilines is 1. The normalized spacial score (nSPS) is 10.0. The molecule has 0 heterocycles. The molecular formula is C16H17N3O3. The van der Waals surface area contributed by atoms with Crippen LogP contribution in [-0.4, -0.2) is 24.4 Å². The molecule has 6 heteroatoms. The Morgan fingerprint density at radius 2 is 1.91 bits per heavy atom. The smallest absolute Gasteiger partial charge is 0.270 e. The molecule has 0 aliphatic heterocycles. The van der Waals surface area contributed by atoms with Gasteiger partial charge in [-0.15, -0.1) is 0 Å². The number of amides is 1. The molecule has 2 aromatic rings. The fourth-order valence-electron chi connectivity index (χ4n) is 2.11. The lowest BCUT2D eigenvalue weighted by molar-refractivity contribution is -0.384. The number of hydrogen-bond acceptors (Lipinski definition) is 4. The van der Waals surface area contributed by atoms with Gasteiger partial charge in [-0.05, 0) is 18.1 Å². The number of hydrogen-bond donors (Lipinski definition) is 2. The molecule has 0 spiro atoms. The van der Waals surface area contributed by atoms with Gasteiger partial charge in [-0.1, -0.05) is 30.3 Å². The van der Waals surface area contributed by atoms with Crippen LogP contribution >= 0.6 is 0 Å². The van der Waals surface area contributed by atoms with Crippen molar-refractivity contribution in [2.75, 3.05) is 18.9 Å². The van der Waals surface area contributed by atoms with Crippen molar-refractivity contribution in [2.24, 2.45) is 0 Å². The highest BCUT2D eigenvalue weighted by Crippen LogP contribution is 2.21.